The predicted molar refractivity (Wildman–Crippen MR) is 114 cm³/mol. The van der Waals surface area contributed by atoms with Gasteiger partial charge in [-0.2, -0.15) is 4.31 Å². The molecule has 158 valence electrons. The molecule has 0 radical (unpaired) electrons. The molecule has 3 aromatic rings. The van der Waals surface area contributed by atoms with Crippen molar-refractivity contribution in [2.45, 2.75) is 24.0 Å². The molecule has 0 atom stereocenters. The zero-order valence-electron chi connectivity index (χ0n) is 15.9. The molecule has 0 amide bonds. The molecule has 1 aliphatic rings. The van der Waals surface area contributed by atoms with E-state index in [0.29, 0.717) is 23.3 Å². The summed E-state index contributed by atoms with van der Waals surface area (Å²) in [6, 6.07) is 14.9. The maximum absolute atomic E-state index is 13.0. The van der Waals surface area contributed by atoms with E-state index in [1.54, 1.807) is 18.2 Å². The van der Waals surface area contributed by atoms with Crippen LogP contribution in [0.15, 0.2) is 58.8 Å². The van der Waals surface area contributed by atoms with Crippen molar-refractivity contribution < 1.29 is 22.3 Å². The Hall–Kier alpha value is -1.97. The monoisotopic (exact) mass is 467 g/mol. The molecule has 0 spiro atoms. The molecule has 30 heavy (non-hydrogen) atoms. The Morgan fingerprint density at radius 1 is 1.07 bits per heavy atom. The summed E-state index contributed by atoms with van der Waals surface area (Å²) in [6.45, 7) is 1.43. The number of rotatable bonds is 6. The predicted octanol–water partition coefficient (Wildman–Crippen LogP) is 4.84. The molecule has 1 aliphatic heterocycles. The van der Waals surface area contributed by atoms with E-state index in [9.17, 15) is 12.8 Å². The fourth-order valence-electron chi connectivity index (χ4n) is 3.15. The molecule has 0 aliphatic carbocycles. The maximum Gasteiger partial charge on any atom is 0.253 e. The Bertz CT molecular complexity index is 1130. The van der Waals surface area contributed by atoms with Crippen molar-refractivity contribution in [3.05, 3.63) is 81.4 Å². The van der Waals surface area contributed by atoms with Crippen LogP contribution in [0.3, 0.4) is 0 Å². The first-order chi connectivity index (χ1) is 14.4. The van der Waals surface area contributed by atoms with Crippen LogP contribution in [-0.2, 0) is 34.5 Å². The summed E-state index contributed by atoms with van der Waals surface area (Å²) in [7, 11) is -3.65. The van der Waals surface area contributed by atoms with Gasteiger partial charge in [-0.15, -0.1) is 11.3 Å². The maximum atomic E-state index is 13.0. The smallest absolute Gasteiger partial charge is 0.253 e. The van der Waals surface area contributed by atoms with Crippen molar-refractivity contribution >= 4 is 33.0 Å². The summed E-state index contributed by atoms with van der Waals surface area (Å²) in [5, 5.41) is 0. The first-order valence-corrected chi connectivity index (χ1v) is 11.9. The van der Waals surface area contributed by atoms with Gasteiger partial charge in [-0.1, -0.05) is 29.8 Å². The molecule has 4 rings (SSSR count). The van der Waals surface area contributed by atoms with Gasteiger partial charge in [0.2, 0.25) is 0 Å². The summed E-state index contributed by atoms with van der Waals surface area (Å²) >= 11 is 6.96. The second-order valence-electron chi connectivity index (χ2n) is 6.81. The van der Waals surface area contributed by atoms with Gasteiger partial charge in [0, 0.05) is 18.7 Å². The van der Waals surface area contributed by atoms with Crippen molar-refractivity contribution in [1.29, 1.82) is 0 Å². The molecule has 0 N–H and O–H groups in total. The Morgan fingerprint density at radius 2 is 1.80 bits per heavy atom. The van der Waals surface area contributed by atoms with Gasteiger partial charge in [-0.25, -0.2) is 12.8 Å². The molecule has 9 heteroatoms. The van der Waals surface area contributed by atoms with Crippen LogP contribution < -0.4 is 4.74 Å². The largest absolute Gasteiger partial charge is 0.492 e. The lowest BCUT2D eigenvalue weighted by Crippen LogP contribution is -2.32. The van der Waals surface area contributed by atoms with E-state index < -0.39 is 10.0 Å². The molecule has 2 heterocycles. The van der Waals surface area contributed by atoms with Crippen LogP contribution in [0.4, 0.5) is 4.39 Å². The number of hydrogen-bond acceptors (Lipinski definition) is 5. The minimum atomic E-state index is -3.65. The number of thiophene rings is 1. The van der Waals surface area contributed by atoms with Crippen molar-refractivity contribution in [2.75, 3.05) is 13.2 Å². The average molecular weight is 468 g/mol. The fraction of sp³-hybridized carbons (Fsp3) is 0.238. The number of fused-ring (bicyclic) bond motifs is 1. The molecular weight excluding hydrogens is 449 g/mol. The van der Waals surface area contributed by atoms with E-state index in [-0.39, 0.29) is 29.7 Å². The van der Waals surface area contributed by atoms with Crippen molar-refractivity contribution in [3.63, 3.8) is 0 Å². The van der Waals surface area contributed by atoms with Crippen molar-refractivity contribution in [1.82, 2.24) is 4.31 Å². The first-order valence-electron chi connectivity index (χ1n) is 9.24. The lowest BCUT2D eigenvalue weighted by Gasteiger charge is -2.18. The Morgan fingerprint density at radius 3 is 2.53 bits per heavy atom. The van der Waals surface area contributed by atoms with Crippen LogP contribution >= 0.6 is 22.9 Å². The highest BCUT2D eigenvalue weighted by Gasteiger charge is 2.29. The standard InChI is InChI=1S/C21H19ClFNO4S2/c22-20-7-8-21(29-20)30(25,26)24-9-10-28-19-6-3-16(11-17(19)12-24)14-27-13-15-1-4-18(23)5-2-15/h1-8,11H,9-10,12-14H2. The zero-order valence-corrected chi connectivity index (χ0v) is 18.3. The molecule has 5 nitrogen and oxygen atoms in total. The number of sulfonamides is 1. The quantitative estimate of drug-likeness (QED) is 0.520. The molecule has 0 bridgehead atoms. The van der Waals surface area contributed by atoms with E-state index in [4.69, 9.17) is 21.1 Å². The van der Waals surface area contributed by atoms with Crippen LogP contribution in [0.25, 0.3) is 0 Å². The lowest BCUT2D eigenvalue weighted by molar-refractivity contribution is 0.107. The average Bonchev–Trinajstić information content (AvgIpc) is 3.05. The van der Waals surface area contributed by atoms with Crippen LogP contribution in [0, 0.1) is 5.82 Å². The summed E-state index contributed by atoms with van der Waals surface area (Å²) in [4.78, 5) is 0. The van der Waals surface area contributed by atoms with Gasteiger partial charge >= 0.3 is 0 Å². The lowest BCUT2D eigenvalue weighted by atomic mass is 10.1. The Labute approximate surface area is 183 Å². The summed E-state index contributed by atoms with van der Waals surface area (Å²) in [5.41, 5.74) is 2.56. The fourth-order valence-corrected chi connectivity index (χ4v) is 6.19. The van der Waals surface area contributed by atoms with Gasteiger partial charge < -0.3 is 9.47 Å². The van der Waals surface area contributed by atoms with Crippen molar-refractivity contribution in [3.8, 4) is 5.75 Å². The van der Waals surface area contributed by atoms with Crippen LogP contribution in [0.1, 0.15) is 16.7 Å². The van der Waals surface area contributed by atoms with Gasteiger partial charge in [-0.05, 0) is 47.5 Å². The number of halogens is 2. The number of nitrogens with zero attached hydrogens (tertiary/aromatic N) is 1. The SMILES string of the molecule is O=S(=O)(c1ccc(Cl)s1)N1CCOc2ccc(COCc3ccc(F)cc3)cc2C1. The molecular formula is C21H19ClFNO4S2. The molecule has 0 unspecified atom stereocenters. The van der Waals surface area contributed by atoms with E-state index >= 15 is 0 Å². The van der Waals surface area contributed by atoms with Crippen LogP contribution in [0.5, 0.6) is 5.75 Å². The third-order valence-corrected chi connectivity index (χ3v) is 8.21. The van der Waals surface area contributed by atoms with E-state index in [0.717, 1.165) is 28.0 Å². The molecule has 0 saturated heterocycles. The molecule has 0 fully saturated rings. The van der Waals surface area contributed by atoms with Crippen molar-refractivity contribution in [2.24, 2.45) is 0 Å². The number of benzene rings is 2. The van der Waals surface area contributed by atoms with Gasteiger partial charge in [0.15, 0.2) is 0 Å². The van der Waals surface area contributed by atoms with E-state index in [1.165, 1.54) is 22.5 Å². The Kier molecular flexibility index (Phi) is 6.40. The molecule has 2 aromatic carbocycles. The van der Waals surface area contributed by atoms with Gasteiger partial charge in [0.1, 0.15) is 22.4 Å². The van der Waals surface area contributed by atoms with E-state index in [2.05, 4.69) is 0 Å². The highest BCUT2D eigenvalue weighted by atomic mass is 35.5. The zero-order chi connectivity index (χ0) is 21.1. The number of ether oxygens (including phenoxy) is 2. The summed E-state index contributed by atoms with van der Waals surface area (Å²) in [5.74, 6) is 0.382. The number of hydrogen-bond donors (Lipinski definition) is 0. The van der Waals surface area contributed by atoms with E-state index in [1.807, 2.05) is 18.2 Å². The highest BCUT2D eigenvalue weighted by molar-refractivity contribution is 7.91. The van der Waals surface area contributed by atoms with Gasteiger partial charge in [-0.3, -0.25) is 0 Å². The first kappa shape index (κ1) is 21.3. The Balaban J connectivity index is 1.46. The van der Waals surface area contributed by atoms with Crippen LogP contribution in [-0.4, -0.2) is 25.9 Å². The third kappa shape index (κ3) is 4.84. The minimum Gasteiger partial charge on any atom is -0.492 e. The third-order valence-electron chi connectivity index (χ3n) is 4.66. The molecule has 1 aromatic heterocycles. The van der Waals surface area contributed by atoms with Gasteiger partial charge in [0.25, 0.3) is 10.0 Å². The second-order valence-corrected chi connectivity index (χ2v) is 10.7. The summed E-state index contributed by atoms with van der Waals surface area (Å²) < 4.78 is 52.5. The summed E-state index contributed by atoms with van der Waals surface area (Å²) in [6.07, 6.45) is 0. The topological polar surface area (TPSA) is 55.8 Å². The molecule has 0 saturated carbocycles. The second kappa shape index (κ2) is 9.03. The van der Waals surface area contributed by atoms with Gasteiger partial charge in [0.05, 0.1) is 17.6 Å². The normalized spacial score (nSPS) is 14.7. The highest BCUT2D eigenvalue weighted by Crippen LogP contribution is 2.32. The van der Waals surface area contributed by atoms with Crippen LogP contribution in [0.2, 0.25) is 4.34 Å². The minimum absolute atomic E-state index is 0.207.